The Bertz CT molecular complexity index is 1820. The number of hydrogen-bond acceptors (Lipinski definition) is 4. The Morgan fingerprint density at radius 2 is 1.35 bits per heavy atom. The molecule has 2 amide bonds. The molecule has 0 aliphatic heterocycles. The molecule has 6 nitrogen and oxygen atoms in total. The van der Waals surface area contributed by atoms with Crippen molar-refractivity contribution in [1.29, 1.82) is 0 Å². The monoisotopic (exact) mass is 565 g/mol. The first-order chi connectivity index (χ1) is 20.9. The number of fused-ring (bicyclic) bond motifs is 1. The van der Waals surface area contributed by atoms with Crippen molar-refractivity contribution < 1.29 is 14.4 Å². The molecule has 5 aromatic carbocycles. The molecule has 0 fully saturated rings. The third-order valence-electron chi connectivity index (χ3n) is 6.92. The average molecular weight is 566 g/mol. The van der Waals surface area contributed by atoms with Crippen LogP contribution in [0.15, 0.2) is 133 Å². The fraction of sp³-hybridized carbons (Fsp3) is 0.0541. The lowest BCUT2D eigenvalue weighted by atomic mass is 10.0. The van der Waals surface area contributed by atoms with Crippen molar-refractivity contribution in [2.75, 3.05) is 24.3 Å². The summed E-state index contributed by atoms with van der Waals surface area (Å²) < 4.78 is 0. The number of amides is 2. The molecule has 5 aromatic rings. The number of anilines is 2. The van der Waals surface area contributed by atoms with E-state index in [1.165, 1.54) is 6.08 Å². The highest BCUT2D eigenvalue weighted by atomic mass is 16.2. The van der Waals surface area contributed by atoms with Gasteiger partial charge in [0.1, 0.15) is 5.70 Å². The van der Waals surface area contributed by atoms with E-state index < -0.39 is 11.8 Å². The Balaban J connectivity index is 1.34. The summed E-state index contributed by atoms with van der Waals surface area (Å²) in [6.07, 6.45) is 4.98. The van der Waals surface area contributed by atoms with Crippen LogP contribution in [-0.4, -0.2) is 31.7 Å². The molecule has 43 heavy (non-hydrogen) atoms. The number of allylic oxidation sites excluding steroid dienone is 1. The van der Waals surface area contributed by atoms with Gasteiger partial charge in [-0.1, -0.05) is 78.9 Å². The van der Waals surface area contributed by atoms with Crippen LogP contribution in [0.1, 0.15) is 31.8 Å². The summed E-state index contributed by atoms with van der Waals surface area (Å²) in [6.45, 7) is 0. The molecule has 0 atom stereocenters. The maximum atomic E-state index is 13.5. The molecule has 0 aliphatic rings. The molecule has 0 saturated carbocycles. The molecule has 5 rings (SSSR count). The highest BCUT2D eigenvalue weighted by Crippen LogP contribution is 2.22. The molecule has 0 unspecified atom stereocenters. The van der Waals surface area contributed by atoms with Crippen LogP contribution < -0.4 is 15.5 Å². The smallest absolute Gasteiger partial charge is 0.272 e. The zero-order chi connectivity index (χ0) is 30.2. The minimum absolute atomic E-state index is 0.0913. The molecule has 0 aromatic heterocycles. The van der Waals surface area contributed by atoms with Crippen LogP contribution in [0.4, 0.5) is 11.4 Å². The van der Waals surface area contributed by atoms with Gasteiger partial charge in [-0.25, -0.2) is 0 Å². The molecule has 0 saturated heterocycles. The van der Waals surface area contributed by atoms with Crippen molar-refractivity contribution in [3.63, 3.8) is 0 Å². The zero-order valence-electron chi connectivity index (χ0n) is 24.0. The number of hydrogen-bond donors (Lipinski definition) is 2. The number of nitrogens with one attached hydrogen (secondary N) is 2. The van der Waals surface area contributed by atoms with Crippen molar-refractivity contribution in [1.82, 2.24) is 5.32 Å². The molecule has 6 heteroatoms. The van der Waals surface area contributed by atoms with Gasteiger partial charge in [0.05, 0.1) is 0 Å². The lowest BCUT2D eigenvalue weighted by Crippen LogP contribution is -2.30. The van der Waals surface area contributed by atoms with E-state index in [0.29, 0.717) is 16.8 Å². The van der Waals surface area contributed by atoms with Crippen LogP contribution in [0, 0.1) is 0 Å². The Morgan fingerprint density at radius 3 is 2.07 bits per heavy atom. The standard InChI is InChI=1S/C37H31N3O3/c1-40(2)32-22-15-26(16-23-32)17-24-35(41)28-18-20-31(21-19-28)38-37(43)34(39-36(42)29-10-4-3-5-11-29)25-30-13-8-12-27-9-6-7-14-33(27)30/h3-25H,1-2H3,(H,38,43)(H,39,42)/b24-17+,34-25-. The van der Waals surface area contributed by atoms with E-state index in [4.69, 9.17) is 0 Å². The first-order valence-corrected chi connectivity index (χ1v) is 13.8. The molecule has 0 heterocycles. The van der Waals surface area contributed by atoms with Crippen LogP contribution in [0.5, 0.6) is 0 Å². The molecular weight excluding hydrogens is 534 g/mol. The van der Waals surface area contributed by atoms with Crippen molar-refractivity contribution in [2.24, 2.45) is 0 Å². The van der Waals surface area contributed by atoms with Gasteiger partial charge in [-0.05, 0) is 82.6 Å². The van der Waals surface area contributed by atoms with Gasteiger partial charge < -0.3 is 15.5 Å². The molecule has 0 bridgehead atoms. The van der Waals surface area contributed by atoms with Crippen molar-refractivity contribution >= 4 is 51.9 Å². The van der Waals surface area contributed by atoms with E-state index in [2.05, 4.69) is 10.6 Å². The predicted octanol–water partition coefficient (Wildman–Crippen LogP) is 7.21. The van der Waals surface area contributed by atoms with E-state index in [1.54, 1.807) is 60.7 Å². The minimum Gasteiger partial charge on any atom is -0.378 e. The van der Waals surface area contributed by atoms with E-state index in [1.807, 2.05) is 91.8 Å². The van der Waals surface area contributed by atoms with Gasteiger partial charge in [-0.3, -0.25) is 14.4 Å². The van der Waals surface area contributed by atoms with Crippen LogP contribution in [0.2, 0.25) is 0 Å². The molecule has 0 aliphatic carbocycles. The molecular formula is C37H31N3O3. The normalized spacial score (nSPS) is 11.3. The average Bonchev–Trinajstić information content (AvgIpc) is 3.04. The van der Waals surface area contributed by atoms with Crippen LogP contribution >= 0.6 is 0 Å². The van der Waals surface area contributed by atoms with E-state index in [0.717, 1.165) is 27.6 Å². The maximum Gasteiger partial charge on any atom is 0.272 e. The Kier molecular flexibility index (Phi) is 8.88. The third-order valence-corrected chi connectivity index (χ3v) is 6.92. The summed E-state index contributed by atoms with van der Waals surface area (Å²) in [4.78, 5) is 41.3. The van der Waals surface area contributed by atoms with Crippen LogP contribution in [-0.2, 0) is 4.79 Å². The second-order valence-corrected chi connectivity index (χ2v) is 10.2. The number of carbonyl (C=O) groups excluding carboxylic acids is 3. The second kappa shape index (κ2) is 13.3. The van der Waals surface area contributed by atoms with Crippen molar-refractivity contribution in [2.45, 2.75) is 0 Å². The number of nitrogens with zero attached hydrogens (tertiary/aromatic N) is 1. The highest BCUT2D eigenvalue weighted by molar-refractivity contribution is 6.12. The number of ketones is 1. The van der Waals surface area contributed by atoms with Crippen LogP contribution in [0.3, 0.4) is 0 Å². The van der Waals surface area contributed by atoms with Gasteiger partial charge in [0.2, 0.25) is 0 Å². The van der Waals surface area contributed by atoms with Gasteiger partial charge in [-0.2, -0.15) is 0 Å². The van der Waals surface area contributed by atoms with Gasteiger partial charge in [0, 0.05) is 36.6 Å². The topological polar surface area (TPSA) is 78.5 Å². The highest BCUT2D eigenvalue weighted by Gasteiger charge is 2.16. The fourth-order valence-electron chi connectivity index (χ4n) is 4.54. The third kappa shape index (κ3) is 7.31. The molecule has 2 N–H and O–H groups in total. The summed E-state index contributed by atoms with van der Waals surface area (Å²) in [5, 5.41) is 7.60. The number of benzene rings is 5. The largest absolute Gasteiger partial charge is 0.378 e. The Morgan fingerprint density at radius 1 is 0.674 bits per heavy atom. The zero-order valence-corrected chi connectivity index (χ0v) is 24.0. The summed E-state index contributed by atoms with van der Waals surface area (Å²) >= 11 is 0. The lowest BCUT2D eigenvalue weighted by Gasteiger charge is -2.12. The van der Waals surface area contributed by atoms with Gasteiger partial charge in [0.15, 0.2) is 5.78 Å². The molecule has 0 radical (unpaired) electrons. The Hall–Kier alpha value is -5.75. The minimum atomic E-state index is -0.489. The first-order valence-electron chi connectivity index (χ1n) is 13.8. The van der Waals surface area contributed by atoms with E-state index in [9.17, 15) is 14.4 Å². The van der Waals surface area contributed by atoms with Crippen molar-refractivity contribution in [3.05, 3.63) is 155 Å². The van der Waals surface area contributed by atoms with Gasteiger partial charge >= 0.3 is 0 Å². The lowest BCUT2D eigenvalue weighted by molar-refractivity contribution is -0.113. The quantitative estimate of drug-likeness (QED) is 0.146. The van der Waals surface area contributed by atoms with Gasteiger partial charge in [-0.15, -0.1) is 0 Å². The molecule has 0 spiro atoms. The SMILES string of the molecule is CN(C)c1ccc(/C=C/C(=O)c2ccc(NC(=O)/C(=C/c3cccc4ccccc34)NC(=O)c3ccccc3)cc2)cc1. The summed E-state index contributed by atoms with van der Waals surface area (Å²) in [5.74, 6) is -1.04. The summed E-state index contributed by atoms with van der Waals surface area (Å²) in [7, 11) is 3.95. The Labute approximate surface area is 251 Å². The van der Waals surface area contributed by atoms with Crippen molar-refractivity contribution in [3.8, 4) is 0 Å². The number of carbonyl (C=O) groups is 3. The molecule has 212 valence electrons. The summed E-state index contributed by atoms with van der Waals surface area (Å²) in [5.41, 5.74) is 4.30. The summed E-state index contributed by atoms with van der Waals surface area (Å²) in [6, 6.07) is 36.9. The second-order valence-electron chi connectivity index (χ2n) is 10.2. The van der Waals surface area contributed by atoms with Crippen LogP contribution in [0.25, 0.3) is 22.9 Å². The first kappa shape index (κ1) is 28.8. The van der Waals surface area contributed by atoms with E-state index >= 15 is 0 Å². The predicted molar refractivity (Wildman–Crippen MR) is 175 cm³/mol. The van der Waals surface area contributed by atoms with Gasteiger partial charge in [0.25, 0.3) is 11.8 Å². The van der Waals surface area contributed by atoms with E-state index in [-0.39, 0.29) is 11.5 Å². The number of rotatable bonds is 9. The maximum absolute atomic E-state index is 13.5. The fourth-order valence-corrected chi connectivity index (χ4v) is 4.54.